The lowest BCUT2D eigenvalue weighted by molar-refractivity contribution is -0.157. The molecule has 1 saturated heterocycles. The molecular weight excluding hydrogens is 395 g/mol. The summed E-state index contributed by atoms with van der Waals surface area (Å²) in [6.07, 6.45) is -3.81. The van der Waals surface area contributed by atoms with E-state index in [4.69, 9.17) is 16.0 Å². The first-order valence-electron chi connectivity index (χ1n) is 7.76. The van der Waals surface area contributed by atoms with Crippen molar-refractivity contribution in [1.82, 2.24) is 14.5 Å². The van der Waals surface area contributed by atoms with Crippen molar-refractivity contribution in [2.45, 2.75) is 36.8 Å². The van der Waals surface area contributed by atoms with Crippen LogP contribution in [0.1, 0.15) is 36.1 Å². The summed E-state index contributed by atoms with van der Waals surface area (Å²) < 4.78 is 69.6. The van der Waals surface area contributed by atoms with Crippen LogP contribution in [0.3, 0.4) is 0 Å². The molecule has 1 aliphatic rings. The van der Waals surface area contributed by atoms with E-state index in [1.165, 1.54) is 16.4 Å². The molecule has 0 N–H and O–H groups in total. The predicted molar refractivity (Wildman–Crippen MR) is 86.2 cm³/mol. The standard InChI is InChI=1S/C15H15ClF3N3O3S/c1-9-11(16)5-2-6-12(9)26(23,24)22-7-3-4-10(8-22)13-20-21-14(25-13)15(17,18)19/h2,5-6,10H,3-4,7-8H2,1H3/t10-/m1/s1. The van der Waals surface area contributed by atoms with Crippen LogP contribution in [-0.2, 0) is 16.2 Å². The van der Waals surface area contributed by atoms with Crippen molar-refractivity contribution in [3.8, 4) is 0 Å². The van der Waals surface area contributed by atoms with Crippen molar-refractivity contribution in [2.75, 3.05) is 13.1 Å². The third-order valence-electron chi connectivity index (χ3n) is 4.25. The second-order valence-electron chi connectivity index (χ2n) is 6.01. The fourth-order valence-corrected chi connectivity index (χ4v) is 4.88. The molecule has 1 fully saturated rings. The molecule has 0 aliphatic carbocycles. The Bertz CT molecular complexity index is 914. The highest BCUT2D eigenvalue weighted by Crippen LogP contribution is 2.34. The Labute approximate surface area is 153 Å². The van der Waals surface area contributed by atoms with E-state index in [1.807, 2.05) is 0 Å². The van der Waals surface area contributed by atoms with E-state index < -0.39 is 28.0 Å². The second kappa shape index (κ2) is 6.82. The quantitative estimate of drug-likeness (QED) is 0.773. The average molecular weight is 410 g/mol. The van der Waals surface area contributed by atoms with Gasteiger partial charge in [0.15, 0.2) is 0 Å². The zero-order valence-electron chi connectivity index (χ0n) is 13.6. The molecule has 1 aliphatic heterocycles. The maximum Gasteiger partial charge on any atom is 0.470 e. The van der Waals surface area contributed by atoms with Crippen LogP contribution in [0.2, 0.25) is 5.02 Å². The lowest BCUT2D eigenvalue weighted by Gasteiger charge is -2.30. The fourth-order valence-electron chi connectivity index (χ4n) is 2.88. The number of rotatable bonds is 3. The molecule has 3 rings (SSSR count). The Hall–Kier alpha value is -1.65. The van der Waals surface area contributed by atoms with E-state index in [9.17, 15) is 21.6 Å². The van der Waals surface area contributed by atoms with Gasteiger partial charge < -0.3 is 4.42 Å². The fraction of sp³-hybridized carbons (Fsp3) is 0.467. The molecule has 0 amide bonds. The Kier molecular flexibility index (Phi) is 5.02. The molecule has 0 radical (unpaired) electrons. The van der Waals surface area contributed by atoms with Gasteiger partial charge in [-0.2, -0.15) is 17.5 Å². The zero-order chi connectivity index (χ0) is 19.1. The molecule has 11 heteroatoms. The minimum Gasteiger partial charge on any atom is -0.417 e. The van der Waals surface area contributed by atoms with Gasteiger partial charge in [0.25, 0.3) is 0 Å². The van der Waals surface area contributed by atoms with Crippen molar-refractivity contribution in [3.63, 3.8) is 0 Å². The third-order valence-corrected chi connectivity index (χ3v) is 6.67. The molecule has 0 bridgehead atoms. The first-order valence-corrected chi connectivity index (χ1v) is 9.58. The Morgan fingerprint density at radius 3 is 2.69 bits per heavy atom. The van der Waals surface area contributed by atoms with Crippen molar-refractivity contribution >= 4 is 21.6 Å². The van der Waals surface area contributed by atoms with Gasteiger partial charge in [-0.1, -0.05) is 17.7 Å². The predicted octanol–water partition coefficient (Wildman–Crippen LogP) is 3.62. The minimum absolute atomic E-state index is 0.0340. The van der Waals surface area contributed by atoms with Crippen molar-refractivity contribution < 1.29 is 26.0 Å². The van der Waals surface area contributed by atoms with Gasteiger partial charge in [-0.25, -0.2) is 8.42 Å². The molecule has 26 heavy (non-hydrogen) atoms. The smallest absolute Gasteiger partial charge is 0.417 e. The van der Waals surface area contributed by atoms with E-state index in [0.717, 1.165) is 0 Å². The van der Waals surface area contributed by atoms with Gasteiger partial charge in [-0.05, 0) is 37.5 Å². The Balaban J connectivity index is 1.86. The van der Waals surface area contributed by atoms with Crippen LogP contribution < -0.4 is 0 Å². The summed E-state index contributed by atoms with van der Waals surface area (Å²) in [7, 11) is -3.84. The SMILES string of the molecule is Cc1c(Cl)cccc1S(=O)(=O)N1CCC[C@@H](c2nnc(C(F)(F)F)o2)C1. The lowest BCUT2D eigenvalue weighted by atomic mass is 10.00. The van der Waals surface area contributed by atoms with Crippen molar-refractivity contribution in [1.29, 1.82) is 0 Å². The number of halogens is 4. The number of benzene rings is 1. The molecule has 0 spiro atoms. The number of sulfonamides is 1. The van der Waals surface area contributed by atoms with E-state index in [2.05, 4.69) is 10.2 Å². The maximum atomic E-state index is 12.9. The van der Waals surface area contributed by atoms with Gasteiger partial charge in [0, 0.05) is 18.1 Å². The van der Waals surface area contributed by atoms with Gasteiger partial charge in [0.05, 0.1) is 10.8 Å². The number of hydrogen-bond acceptors (Lipinski definition) is 5. The molecule has 1 aromatic carbocycles. The number of hydrogen-bond donors (Lipinski definition) is 0. The molecule has 2 aromatic rings. The van der Waals surface area contributed by atoms with E-state index >= 15 is 0 Å². The zero-order valence-corrected chi connectivity index (χ0v) is 15.2. The number of nitrogens with zero attached hydrogens (tertiary/aromatic N) is 3. The first kappa shape index (κ1) is 19.1. The topological polar surface area (TPSA) is 76.3 Å². The molecule has 0 saturated carbocycles. The summed E-state index contributed by atoms with van der Waals surface area (Å²) in [5.74, 6) is -2.24. The highest BCUT2D eigenvalue weighted by Gasteiger charge is 2.40. The van der Waals surface area contributed by atoms with Gasteiger partial charge in [-0.3, -0.25) is 0 Å². The molecule has 0 unspecified atom stereocenters. The summed E-state index contributed by atoms with van der Waals surface area (Å²) in [6.45, 7) is 1.82. The molecule has 1 aromatic heterocycles. The van der Waals surface area contributed by atoms with E-state index in [-0.39, 0.29) is 23.9 Å². The third kappa shape index (κ3) is 3.58. The summed E-state index contributed by atoms with van der Waals surface area (Å²) >= 11 is 6.01. The molecule has 6 nitrogen and oxygen atoms in total. The first-order chi connectivity index (χ1) is 12.1. The van der Waals surface area contributed by atoms with Gasteiger partial charge in [0.2, 0.25) is 15.9 Å². The molecular formula is C15H15ClF3N3O3S. The second-order valence-corrected chi connectivity index (χ2v) is 8.32. The molecule has 2 heterocycles. The molecule has 1 atom stereocenters. The number of piperidine rings is 1. The van der Waals surface area contributed by atoms with Gasteiger partial charge >= 0.3 is 12.1 Å². The Morgan fingerprint density at radius 1 is 1.31 bits per heavy atom. The van der Waals surface area contributed by atoms with E-state index in [0.29, 0.717) is 23.4 Å². The Morgan fingerprint density at radius 2 is 2.04 bits per heavy atom. The van der Waals surface area contributed by atoms with Crippen LogP contribution in [0.15, 0.2) is 27.5 Å². The van der Waals surface area contributed by atoms with Crippen LogP contribution in [0.25, 0.3) is 0 Å². The van der Waals surface area contributed by atoms with Crippen LogP contribution in [0.4, 0.5) is 13.2 Å². The van der Waals surface area contributed by atoms with Crippen LogP contribution in [0.5, 0.6) is 0 Å². The van der Waals surface area contributed by atoms with Crippen molar-refractivity contribution in [2.24, 2.45) is 0 Å². The normalized spacial score (nSPS) is 19.7. The minimum atomic E-state index is -4.73. The summed E-state index contributed by atoms with van der Waals surface area (Å²) in [5, 5.41) is 6.78. The summed E-state index contributed by atoms with van der Waals surface area (Å²) in [6, 6.07) is 4.58. The highest BCUT2D eigenvalue weighted by atomic mass is 35.5. The van der Waals surface area contributed by atoms with Crippen LogP contribution in [-0.4, -0.2) is 36.0 Å². The van der Waals surface area contributed by atoms with Crippen LogP contribution in [0, 0.1) is 6.92 Å². The summed E-state index contributed by atoms with van der Waals surface area (Å²) in [4.78, 5) is 0.0761. The van der Waals surface area contributed by atoms with Crippen molar-refractivity contribution in [3.05, 3.63) is 40.6 Å². The highest BCUT2D eigenvalue weighted by molar-refractivity contribution is 7.89. The monoisotopic (exact) mass is 409 g/mol. The lowest BCUT2D eigenvalue weighted by Crippen LogP contribution is -2.39. The summed E-state index contributed by atoms with van der Waals surface area (Å²) in [5.41, 5.74) is 0.424. The maximum absolute atomic E-state index is 12.9. The number of aromatic nitrogens is 2. The van der Waals surface area contributed by atoms with Gasteiger partial charge in [-0.15, -0.1) is 10.2 Å². The van der Waals surface area contributed by atoms with Crippen LogP contribution >= 0.6 is 11.6 Å². The average Bonchev–Trinajstić information content (AvgIpc) is 3.08. The van der Waals surface area contributed by atoms with E-state index in [1.54, 1.807) is 13.0 Å². The van der Waals surface area contributed by atoms with Gasteiger partial charge in [0.1, 0.15) is 0 Å². The molecule has 142 valence electrons. The number of alkyl halides is 3. The largest absolute Gasteiger partial charge is 0.470 e.